The van der Waals surface area contributed by atoms with Crippen LogP contribution in [0.15, 0.2) is 55.0 Å². The molecule has 3 rings (SSSR count). The predicted octanol–water partition coefficient (Wildman–Crippen LogP) is 3.70. The number of nitrogens with zero attached hydrogens (tertiary/aromatic N) is 4. The molecule has 1 aromatic carbocycles. The molecule has 3 aromatic rings. The van der Waals surface area contributed by atoms with E-state index in [9.17, 15) is 18.0 Å². The lowest BCUT2D eigenvalue weighted by Crippen LogP contribution is -2.28. The van der Waals surface area contributed by atoms with Gasteiger partial charge in [0, 0.05) is 25.9 Å². The Bertz CT molecular complexity index is 971. The molecule has 146 valence electrons. The third-order valence-electron chi connectivity index (χ3n) is 4.04. The van der Waals surface area contributed by atoms with E-state index in [0.717, 1.165) is 0 Å². The molecule has 0 aliphatic carbocycles. The maximum Gasteiger partial charge on any atom is 0.422 e. The Labute approximate surface area is 159 Å². The minimum atomic E-state index is -4.42. The summed E-state index contributed by atoms with van der Waals surface area (Å²) >= 11 is 0. The summed E-state index contributed by atoms with van der Waals surface area (Å²) in [5, 5.41) is 0. The van der Waals surface area contributed by atoms with Crippen molar-refractivity contribution in [3.63, 3.8) is 0 Å². The van der Waals surface area contributed by atoms with Crippen LogP contribution in [0.5, 0.6) is 5.75 Å². The van der Waals surface area contributed by atoms with E-state index in [1.54, 1.807) is 55.3 Å². The summed E-state index contributed by atoms with van der Waals surface area (Å²) in [4.78, 5) is 22.5. The van der Waals surface area contributed by atoms with Crippen LogP contribution in [0.4, 0.5) is 18.9 Å². The molecular formula is C19H17F3N4O2. The molecular weight excluding hydrogens is 373 g/mol. The van der Waals surface area contributed by atoms with E-state index in [2.05, 4.69) is 9.97 Å². The molecule has 0 N–H and O–H groups in total. The van der Waals surface area contributed by atoms with Gasteiger partial charge in [-0.3, -0.25) is 9.78 Å². The lowest BCUT2D eigenvalue weighted by molar-refractivity contribution is -0.153. The van der Waals surface area contributed by atoms with Crippen LogP contribution < -0.4 is 9.64 Å². The number of alkyl halides is 3. The van der Waals surface area contributed by atoms with Crippen molar-refractivity contribution in [3.8, 4) is 17.1 Å². The third kappa shape index (κ3) is 4.30. The van der Waals surface area contributed by atoms with Crippen LogP contribution in [0.3, 0.4) is 0 Å². The van der Waals surface area contributed by atoms with Crippen LogP contribution in [0.1, 0.15) is 10.5 Å². The van der Waals surface area contributed by atoms with Gasteiger partial charge in [0.05, 0.1) is 18.1 Å². The van der Waals surface area contributed by atoms with E-state index in [-0.39, 0.29) is 11.7 Å². The Morgan fingerprint density at radius 2 is 2.00 bits per heavy atom. The summed E-state index contributed by atoms with van der Waals surface area (Å²) in [6.45, 7) is -1.38. The zero-order chi connectivity index (χ0) is 20.3. The zero-order valence-corrected chi connectivity index (χ0v) is 15.1. The van der Waals surface area contributed by atoms with Crippen LogP contribution in [-0.2, 0) is 7.05 Å². The first-order valence-electron chi connectivity index (χ1n) is 8.26. The maximum atomic E-state index is 12.8. The van der Waals surface area contributed by atoms with Crippen molar-refractivity contribution in [1.82, 2.24) is 14.5 Å². The van der Waals surface area contributed by atoms with E-state index < -0.39 is 12.8 Å². The summed E-state index contributed by atoms with van der Waals surface area (Å²) in [5.41, 5.74) is 1.48. The van der Waals surface area contributed by atoms with Gasteiger partial charge in [0.25, 0.3) is 5.91 Å². The molecule has 0 spiro atoms. The number of ether oxygens (including phenoxy) is 1. The lowest BCUT2D eigenvalue weighted by atomic mass is 10.2. The van der Waals surface area contributed by atoms with Gasteiger partial charge in [0.1, 0.15) is 17.3 Å². The van der Waals surface area contributed by atoms with Gasteiger partial charge in [-0.15, -0.1) is 0 Å². The number of imidazole rings is 1. The average molecular weight is 390 g/mol. The average Bonchev–Trinajstić information content (AvgIpc) is 3.07. The predicted molar refractivity (Wildman–Crippen MR) is 97.2 cm³/mol. The molecule has 9 heteroatoms. The summed E-state index contributed by atoms with van der Waals surface area (Å²) in [7, 11) is 3.29. The molecule has 0 unspecified atom stereocenters. The summed E-state index contributed by atoms with van der Waals surface area (Å²) in [6, 6.07) is 9.61. The van der Waals surface area contributed by atoms with Crippen LogP contribution in [-0.4, -0.2) is 40.3 Å². The second kappa shape index (κ2) is 7.71. The SMILES string of the molecule is CN(C(=O)c1cnc(-c2cccc(OCC(F)(F)F)c2)n1C)c1cccnc1. The normalized spacial score (nSPS) is 11.3. The van der Waals surface area contributed by atoms with Crippen LogP contribution in [0.25, 0.3) is 11.4 Å². The maximum absolute atomic E-state index is 12.8. The topological polar surface area (TPSA) is 60.3 Å². The third-order valence-corrected chi connectivity index (χ3v) is 4.04. The Kier molecular flexibility index (Phi) is 5.34. The minimum Gasteiger partial charge on any atom is -0.484 e. The number of pyridine rings is 1. The summed E-state index contributed by atoms with van der Waals surface area (Å²) in [5.74, 6) is 0.206. The molecule has 0 saturated carbocycles. The molecule has 0 fully saturated rings. The lowest BCUT2D eigenvalue weighted by Gasteiger charge is -2.17. The van der Waals surface area contributed by atoms with Crippen molar-refractivity contribution >= 4 is 11.6 Å². The van der Waals surface area contributed by atoms with Crippen LogP contribution in [0.2, 0.25) is 0 Å². The Balaban J connectivity index is 1.84. The first-order chi connectivity index (χ1) is 13.3. The second-order valence-corrected chi connectivity index (χ2v) is 6.03. The highest BCUT2D eigenvalue weighted by Gasteiger charge is 2.28. The van der Waals surface area contributed by atoms with Gasteiger partial charge in [-0.25, -0.2) is 4.98 Å². The fourth-order valence-corrected chi connectivity index (χ4v) is 2.61. The van der Waals surface area contributed by atoms with E-state index in [1.165, 1.54) is 23.2 Å². The highest BCUT2D eigenvalue weighted by atomic mass is 19.4. The van der Waals surface area contributed by atoms with E-state index in [4.69, 9.17) is 4.74 Å². The monoisotopic (exact) mass is 390 g/mol. The number of carbonyl (C=O) groups is 1. The van der Waals surface area contributed by atoms with Gasteiger partial charge in [-0.05, 0) is 24.3 Å². The van der Waals surface area contributed by atoms with E-state index in [0.29, 0.717) is 22.8 Å². The molecule has 0 saturated heterocycles. The van der Waals surface area contributed by atoms with Gasteiger partial charge in [0.2, 0.25) is 0 Å². The van der Waals surface area contributed by atoms with Crippen molar-refractivity contribution in [2.75, 3.05) is 18.6 Å². The first-order valence-corrected chi connectivity index (χ1v) is 8.26. The number of halogens is 3. The van der Waals surface area contributed by atoms with Crippen molar-refractivity contribution in [2.24, 2.45) is 7.05 Å². The van der Waals surface area contributed by atoms with Crippen molar-refractivity contribution < 1.29 is 22.7 Å². The van der Waals surface area contributed by atoms with Crippen molar-refractivity contribution in [2.45, 2.75) is 6.18 Å². The molecule has 28 heavy (non-hydrogen) atoms. The number of benzene rings is 1. The van der Waals surface area contributed by atoms with Crippen LogP contribution >= 0.6 is 0 Å². The number of hydrogen-bond donors (Lipinski definition) is 0. The van der Waals surface area contributed by atoms with Crippen molar-refractivity contribution in [3.05, 3.63) is 60.7 Å². The van der Waals surface area contributed by atoms with Gasteiger partial charge >= 0.3 is 6.18 Å². The molecule has 6 nitrogen and oxygen atoms in total. The van der Waals surface area contributed by atoms with Gasteiger partial charge in [-0.2, -0.15) is 13.2 Å². The van der Waals surface area contributed by atoms with Gasteiger partial charge < -0.3 is 14.2 Å². The molecule has 0 atom stereocenters. The highest BCUT2D eigenvalue weighted by Crippen LogP contribution is 2.26. The molecule has 0 aliphatic heterocycles. The first kappa shape index (κ1) is 19.4. The Morgan fingerprint density at radius 1 is 1.21 bits per heavy atom. The van der Waals surface area contributed by atoms with Crippen LogP contribution in [0, 0.1) is 0 Å². The number of hydrogen-bond acceptors (Lipinski definition) is 4. The molecule has 0 bridgehead atoms. The highest BCUT2D eigenvalue weighted by molar-refractivity contribution is 6.04. The standard InChI is InChI=1S/C19H17F3N4O2/c1-25(14-6-4-8-23-10-14)18(27)16-11-24-17(26(16)2)13-5-3-7-15(9-13)28-12-19(20,21)22/h3-11H,12H2,1-2H3. The van der Waals surface area contributed by atoms with E-state index in [1.807, 2.05) is 0 Å². The van der Waals surface area contributed by atoms with Gasteiger partial charge in [-0.1, -0.05) is 12.1 Å². The summed E-state index contributed by atoms with van der Waals surface area (Å²) in [6.07, 6.45) is 0.179. The largest absolute Gasteiger partial charge is 0.484 e. The number of anilines is 1. The van der Waals surface area contributed by atoms with Gasteiger partial charge in [0.15, 0.2) is 6.61 Å². The quantitative estimate of drug-likeness (QED) is 0.667. The number of carbonyl (C=O) groups excluding carboxylic acids is 1. The minimum absolute atomic E-state index is 0.0678. The fraction of sp³-hybridized carbons (Fsp3) is 0.211. The Hall–Kier alpha value is -3.36. The number of amides is 1. The van der Waals surface area contributed by atoms with Crippen molar-refractivity contribution in [1.29, 1.82) is 0 Å². The Morgan fingerprint density at radius 3 is 2.68 bits per heavy atom. The molecule has 2 heterocycles. The number of rotatable bonds is 5. The second-order valence-electron chi connectivity index (χ2n) is 6.03. The molecule has 0 radical (unpaired) electrons. The molecule has 0 aliphatic rings. The summed E-state index contributed by atoms with van der Waals surface area (Å²) < 4.78 is 43.4. The fourth-order valence-electron chi connectivity index (χ4n) is 2.61. The molecule has 2 aromatic heterocycles. The number of aromatic nitrogens is 3. The zero-order valence-electron chi connectivity index (χ0n) is 15.1. The molecule has 1 amide bonds. The van der Waals surface area contributed by atoms with E-state index >= 15 is 0 Å². The smallest absolute Gasteiger partial charge is 0.422 e.